The highest BCUT2D eigenvalue weighted by molar-refractivity contribution is 6.01. The van der Waals surface area contributed by atoms with Crippen molar-refractivity contribution in [3.05, 3.63) is 89.0 Å². The summed E-state index contributed by atoms with van der Waals surface area (Å²) in [5.74, 6) is 0.0797. The number of likely N-dealkylation sites (tertiary alicyclic amines) is 1. The van der Waals surface area contributed by atoms with Crippen molar-refractivity contribution >= 4 is 11.6 Å². The van der Waals surface area contributed by atoms with Crippen LogP contribution in [0, 0.1) is 17.6 Å². The third-order valence-electron chi connectivity index (χ3n) is 8.06. The largest absolute Gasteiger partial charge is 0.398 e. The van der Waals surface area contributed by atoms with Crippen LogP contribution in [0.1, 0.15) is 53.1 Å². The fourth-order valence-corrected chi connectivity index (χ4v) is 5.68. The van der Waals surface area contributed by atoms with Gasteiger partial charge in [-0.15, -0.1) is 0 Å². The Balaban J connectivity index is 1.07. The summed E-state index contributed by atoms with van der Waals surface area (Å²) in [5, 5.41) is 3.73. The van der Waals surface area contributed by atoms with Crippen molar-refractivity contribution in [1.82, 2.24) is 10.2 Å². The van der Waals surface area contributed by atoms with Gasteiger partial charge < -0.3 is 21.7 Å². The maximum atomic E-state index is 13.9. The summed E-state index contributed by atoms with van der Waals surface area (Å²) in [6.45, 7) is 4.27. The summed E-state index contributed by atoms with van der Waals surface area (Å²) in [5.41, 5.74) is 15.8. The molecule has 1 saturated heterocycles. The molecule has 2 fully saturated rings. The second-order valence-electron chi connectivity index (χ2n) is 10.8. The minimum absolute atomic E-state index is 0.175. The summed E-state index contributed by atoms with van der Waals surface area (Å²) < 4.78 is 27.1. The lowest BCUT2D eigenvalue weighted by Gasteiger charge is -2.32. The molecule has 3 aromatic rings. The van der Waals surface area contributed by atoms with E-state index < -0.39 is 11.7 Å². The van der Waals surface area contributed by atoms with E-state index in [1.807, 2.05) is 24.3 Å². The van der Waals surface area contributed by atoms with E-state index in [2.05, 4.69) is 10.2 Å². The Labute approximate surface area is 223 Å². The highest BCUT2D eigenvalue weighted by Gasteiger charge is 2.38. The van der Waals surface area contributed by atoms with Crippen LogP contribution in [0.15, 0.2) is 60.7 Å². The SMILES string of the molecule is NC(=O)c1ccc(CCCN2CCC(CNC3CC3c3ccc(F)cc3)CC2)cc1-c1cc(F)ccc1N. The molecule has 0 spiro atoms. The van der Waals surface area contributed by atoms with Gasteiger partial charge in [0.25, 0.3) is 0 Å². The Morgan fingerprint density at radius 2 is 1.68 bits per heavy atom. The molecule has 0 radical (unpaired) electrons. The van der Waals surface area contributed by atoms with Gasteiger partial charge >= 0.3 is 0 Å². The third kappa shape index (κ3) is 6.40. The number of rotatable bonds is 10. The quantitative estimate of drug-likeness (QED) is 0.326. The Morgan fingerprint density at radius 3 is 2.42 bits per heavy atom. The van der Waals surface area contributed by atoms with E-state index in [9.17, 15) is 13.6 Å². The lowest BCUT2D eigenvalue weighted by atomic mass is 9.94. The lowest BCUT2D eigenvalue weighted by Crippen LogP contribution is -2.38. The van der Waals surface area contributed by atoms with E-state index in [1.54, 1.807) is 18.2 Å². The Kier molecular flexibility index (Phi) is 8.05. The van der Waals surface area contributed by atoms with Crippen LogP contribution >= 0.6 is 0 Å². The molecule has 200 valence electrons. The van der Waals surface area contributed by atoms with Gasteiger partial charge in [-0.1, -0.05) is 24.3 Å². The van der Waals surface area contributed by atoms with Crippen molar-refractivity contribution in [3.8, 4) is 11.1 Å². The molecule has 38 heavy (non-hydrogen) atoms. The van der Waals surface area contributed by atoms with Crippen molar-refractivity contribution in [2.24, 2.45) is 11.7 Å². The third-order valence-corrected chi connectivity index (χ3v) is 8.06. The molecule has 1 aliphatic carbocycles. The first-order valence-corrected chi connectivity index (χ1v) is 13.6. The van der Waals surface area contributed by atoms with Crippen molar-refractivity contribution in [1.29, 1.82) is 0 Å². The molecule has 1 amide bonds. The first kappa shape index (κ1) is 26.3. The van der Waals surface area contributed by atoms with E-state index in [0.29, 0.717) is 40.3 Å². The summed E-state index contributed by atoms with van der Waals surface area (Å²) in [4.78, 5) is 14.5. The minimum atomic E-state index is -0.555. The van der Waals surface area contributed by atoms with E-state index in [0.717, 1.165) is 51.0 Å². The molecule has 0 bridgehead atoms. The van der Waals surface area contributed by atoms with Gasteiger partial charge in [-0.25, -0.2) is 8.78 Å². The van der Waals surface area contributed by atoms with E-state index in [4.69, 9.17) is 11.5 Å². The van der Waals surface area contributed by atoms with Crippen molar-refractivity contribution in [3.63, 3.8) is 0 Å². The number of halogens is 2. The Hall–Kier alpha value is -3.29. The summed E-state index contributed by atoms with van der Waals surface area (Å²) in [7, 11) is 0. The highest BCUT2D eigenvalue weighted by atomic mass is 19.1. The number of nitrogens with zero attached hydrogens (tertiary/aromatic N) is 1. The lowest BCUT2D eigenvalue weighted by molar-refractivity contribution is 0.100. The molecule has 7 heteroatoms. The van der Waals surface area contributed by atoms with Gasteiger partial charge in [0.05, 0.1) is 0 Å². The zero-order chi connectivity index (χ0) is 26.6. The van der Waals surface area contributed by atoms with E-state index in [1.165, 1.54) is 36.6 Å². The first-order chi connectivity index (χ1) is 18.4. The molecular formula is C31H36F2N4O. The average Bonchev–Trinajstić information content (AvgIpc) is 3.69. The molecule has 5 nitrogen and oxygen atoms in total. The standard InChI is InChI=1S/C31H36F2N4O/c32-23-6-4-22(5-7-23)26-18-30(26)36-19-21-11-14-37(15-12-21)13-1-2-20-3-9-25(31(35)38)27(16-20)28-17-24(33)8-10-29(28)34/h3-10,16-17,21,26,30,36H,1-2,11-15,18-19,34H2,(H2,35,38). The number of nitrogens with one attached hydrogen (secondary N) is 1. The second kappa shape index (κ2) is 11.6. The predicted molar refractivity (Wildman–Crippen MR) is 148 cm³/mol. The summed E-state index contributed by atoms with van der Waals surface area (Å²) in [6.07, 6.45) is 5.38. The fourth-order valence-electron chi connectivity index (χ4n) is 5.68. The number of hydrogen-bond donors (Lipinski definition) is 3. The number of benzene rings is 3. The maximum absolute atomic E-state index is 13.9. The number of amides is 1. The molecule has 1 heterocycles. The number of carbonyl (C=O) groups is 1. The first-order valence-electron chi connectivity index (χ1n) is 13.6. The molecule has 5 rings (SSSR count). The Bertz CT molecular complexity index is 1270. The van der Waals surface area contributed by atoms with Crippen LogP contribution in [-0.4, -0.2) is 43.0 Å². The molecule has 2 aliphatic rings. The number of anilines is 1. The molecule has 3 aromatic carbocycles. The van der Waals surface area contributed by atoms with Gasteiger partial charge in [-0.3, -0.25) is 4.79 Å². The van der Waals surface area contributed by atoms with Gasteiger partial charge in [0, 0.05) is 28.8 Å². The van der Waals surface area contributed by atoms with Crippen LogP contribution in [-0.2, 0) is 6.42 Å². The second-order valence-corrected chi connectivity index (χ2v) is 10.8. The minimum Gasteiger partial charge on any atom is -0.398 e. The number of aryl methyl sites for hydroxylation is 1. The van der Waals surface area contributed by atoms with E-state index in [-0.39, 0.29) is 5.82 Å². The number of primary amides is 1. The fraction of sp³-hybridized carbons (Fsp3) is 0.387. The average molecular weight is 519 g/mol. The van der Waals surface area contributed by atoms with Crippen LogP contribution < -0.4 is 16.8 Å². The molecule has 5 N–H and O–H groups in total. The van der Waals surface area contributed by atoms with Gasteiger partial charge in [-0.05, 0) is 117 Å². The van der Waals surface area contributed by atoms with Crippen LogP contribution in [0.25, 0.3) is 11.1 Å². The number of piperidine rings is 1. The Morgan fingerprint density at radius 1 is 0.947 bits per heavy atom. The zero-order valence-electron chi connectivity index (χ0n) is 21.6. The summed E-state index contributed by atoms with van der Waals surface area (Å²) >= 11 is 0. The van der Waals surface area contributed by atoms with Gasteiger partial charge in [-0.2, -0.15) is 0 Å². The van der Waals surface area contributed by atoms with Gasteiger partial charge in [0.2, 0.25) is 5.91 Å². The van der Waals surface area contributed by atoms with Crippen LogP contribution in [0.4, 0.5) is 14.5 Å². The van der Waals surface area contributed by atoms with Gasteiger partial charge in [0.1, 0.15) is 11.6 Å². The number of nitrogen functional groups attached to an aromatic ring is 1. The van der Waals surface area contributed by atoms with Crippen LogP contribution in [0.2, 0.25) is 0 Å². The zero-order valence-corrected chi connectivity index (χ0v) is 21.6. The van der Waals surface area contributed by atoms with Gasteiger partial charge in [0.15, 0.2) is 0 Å². The van der Waals surface area contributed by atoms with Crippen LogP contribution in [0.5, 0.6) is 0 Å². The highest BCUT2D eigenvalue weighted by Crippen LogP contribution is 2.41. The van der Waals surface area contributed by atoms with Crippen molar-refractivity contribution in [2.75, 3.05) is 31.9 Å². The molecular weight excluding hydrogens is 482 g/mol. The molecule has 2 unspecified atom stereocenters. The normalized spacial score (nSPS) is 19.9. The smallest absolute Gasteiger partial charge is 0.249 e. The van der Waals surface area contributed by atoms with E-state index >= 15 is 0 Å². The molecule has 2 atom stereocenters. The monoisotopic (exact) mass is 518 g/mol. The number of hydrogen-bond acceptors (Lipinski definition) is 4. The maximum Gasteiger partial charge on any atom is 0.249 e. The number of carbonyl (C=O) groups excluding carboxylic acids is 1. The molecule has 1 aliphatic heterocycles. The predicted octanol–water partition coefficient (Wildman–Crippen LogP) is 5.10. The number of nitrogens with two attached hydrogens (primary N) is 2. The van der Waals surface area contributed by atoms with Crippen molar-refractivity contribution < 1.29 is 13.6 Å². The van der Waals surface area contributed by atoms with Crippen molar-refractivity contribution in [2.45, 2.75) is 44.1 Å². The topological polar surface area (TPSA) is 84.4 Å². The molecule has 0 aromatic heterocycles. The molecule has 1 saturated carbocycles. The van der Waals surface area contributed by atoms with Crippen LogP contribution in [0.3, 0.4) is 0 Å². The summed E-state index contributed by atoms with van der Waals surface area (Å²) in [6, 6.07) is 17.2.